The van der Waals surface area contributed by atoms with E-state index in [9.17, 15) is 9.18 Å². The van der Waals surface area contributed by atoms with Gasteiger partial charge >= 0.3 is 0 Å². The molecule has 0 aliphatic heterocycles. The molecule has 0 atom stereocenters. The van der Waals surface area contributed by atoms with Gasteiger partial charge in [-0.3, -0.25) is 4.79 Å². The predicted molar refractivity (Wildman–Crippen MR) is 70.0 cm³/mol. The van der Waals surface area contributed by atoms with Gasteiger partial charge in [0, 0.05) is 6.54 Å². The summed E-state index contributed by atoms with van der Waals surface area (Å²) in [6, 6.07) is 4.55. The summed E-state index contributed by atoms with van der Waals surface area (Å²) in [4.78, 5) is 12.2. The highest BCUT2D eigenvalue weighted by atomic mass is 35.5. The van der Waals surface area contributed by atoms with Crippen molar-refractivity contribution in [3.63, 3.8) is 0 Å². The van der Waals surface area contributed by atoms with E-state index in [0.717, 1.165) is 25.7 Å². The van der Waals surface area contributed by atoms with Gasteiger partial charge in [-0.2, -0.15) is 0 Å². The lowest BCUT2D eigenvalue weighted by molar-refractivity contribution is -0.124. The molecule has 0 unspecified atom stereocenters. The molecule has 3 N–H and O–H groups in total. The summed E-state index contributed by atoms with van der Waals surface area (Å²) in [6.07, 6.45) is 3.50. The molecule has 2 rings (SSSR count). The SMILES string of the molecule is NCC1(C(=O)Nc2cccc(Cl)c2F)CCCC1. The highest BCUT2D eigenvalue weighted by Crippen LogP contribution is 2.38. The number of carbonyl (C=O) groups excluding carboxylic acids is 1. The summed E-state index contributed by atoms with van der Waals surface area (Å²) >= 11 is 5.67. The first-order valence-corrected chi connectivity index (χ1v) is 6.42. The lowest BCUT2D eigenvalue weighted by Gasteiger charge is -2.25. The van der Waals surface area contributed by atoms with Crippen LogP contribution in [0.2, 0.25) is 5.02 Å². The molecule has 1 saturated carbocycles. The summed E-state index contributed by atoms with van der Waals surface area (Å²) < 4.78 is 13.7. The van der Waals surface area contributed by atoms with Gasteiger partial charge in [0.1, 0.15) is 0 Å². The Hall–Kier alpha value is -1.13. The number of nitrogens with two attached hydrogens (primary N) is 1. The van der Waals surface area contributed by atoms with Gasteiger partial charge in [-0.1, -0.05) is 30.5 Å². The molecule has 0 bridgehead atoms. The Kier molecular flexibility index (Phi) is 3.88. The van der Waals surface area contributed by atoms with Gasteiger partial charge in [0.05, 0.1) is 16.1 Å². The second kappa shape index (κ2) is 5.24. The Morgan fingerprint density at radius 3 is 2.72 bits per heavy atom. The maximum atomic E-state index is 13.7. The Bertz CT molecular complexity index is 458. The third-order valence-corrected chi connectivity index (χ3v) is 3.92. The first-order chi connectivity index (χ1) is 8.59. The summed E-state index contributed by atoms with van der Waals surface area (Å²) in [5, 5.41) is 2.61. The van der Waals surface area contributed by atoms with Crippen LogP contribution in [0.3, 0.4) is 0 Å². The van der Waals surface area contributed by atoms with Crippen LogP contribution in [0.5, 0.6) is 0 Å². The van der Waals surface area contributed by atoms with Crippen LogP contribution in [0, 0.1) is 11.2 Å². The van der Waals surface area contributed by atoms with E-state index in [-0.39, 0.29) is 16.6 Å². The van der Waals surface area contributed by atoms with Gasteiger partial charge in [0.25, 0.3) is 0 Å². The van der Waals surface area contributed by atoms with Crippen LogP contribution >= 0.6 is 11.6 Å². The van der Waals surface area contributed by atoms with Crippen molar-refractivity contribution < 1.29 is 9.18 Å². The molecular weight excluding hydrogens is 255 g/mol. The summed E-state index contributed by atoms with van der Waals surface area (Å²) in [7, 11) is 0. The third-order valence-electron chi connectivity index (χ3n) is 3.63. The number of anilines is 1. The van der Waals surface area contributed by atoms with Crippen molar-refractivity contribution in [2.75, 3.05) is 11.9 Å². The van der Waals surface area contributed by atoms with Gasteiger partial charge in [-0.25, -0.2) is 4.39 Å². The van der Waals surface area contributed by atoms with Crippen LogP contribution in [-0.2, 0) is 4.79 Å². The van der Waals surface area contributed by atoms with Crippen LogP contribution in [0.1, 0.15) is 25.7 Å². The molecule has 18 heavy (non-hydrogen) atoms. The average molecular weight is 271 g/mol. The number of nitrogens with one attached hydrogen (secondary N) is 1. The lowest BCUT2D eigenvalue weighted by atomic mass is 9.85. The van der Waals surface area contributed by atoms with E-state index in [0.29, 0.717) is 6.54 Å². The molecule has 3 nitrogen and oxygen atoms in total. The van der Waals surface area contributed by atoms with E-state index < -0.39 is 11.2 Å². The maximum Gasteiger partial charge on any atom is 0.231 e. The monoisotopic (exact) mass is 270 g/mol. The number of amides is 1. The molecule has 1 aromatic rings. The van der Waals surface area contributed by atoms with E-state index in [4.69, 9.17) is 17.3 Å². The predicted octanol–water partition coefficient (Wildman–Crippen LogP) is 2.94. The molecule has 0 heterocycles. The largest absolute Gasteiger partial charge is 0.329 e. The van der Waals surface area contributed by atoms with E-state index in [1.165, 1.54) is 12.1 Å². The fourth-order valence-corrected chi connectivity index (χ4v) is 2.61. The van der Waals surface area contributed by atoms with E-state index in [1.54, 1.807) is 6.07 Å². The van der Waals surface area contributed by atoms with Crippen LogP contribution in [0.15, 0.2) is 18.2 Å². The maximum absolute atomic E-state index is 13.7. The van der Waals surface area contributed by atoms with Crippen LogP contribution < -0.4 is 11.1 Å². The van der Waals surface area contributed by atoms with Crippen molar-refractivity contribution in [1.82, 2.24) is 0 Å². The summed E-state index contributed by atoms with van der Waals surface area (Å²) in [5.41, 5.74) is 5.28. The van der Waals surface area contributed by atoms with Crippen LogP contribution in [-0.4, -0.2) is 12.5 Å². The van der Waals surface area contributed by atoms with Crippen molar-refractivity contribution in [1.29, 1.82) is 0 Å². The van der Waals surface area contributed by atoms with Crippen molar-refractivity contribution >= 4 is 23.2 Å². The van der Waals surface area contributed by atoms with E-state index in [2.05, 4.69) is 5.32 Å². The zero-order valence-corrected chi connectivity index (χ0v) is 10.8. The van der Waals surface area contributed by atoms with Crippen LogP contribution in [0.4, 0.5) is 10.1 Å². The van der Waals surface area contributed by atoms with Crippen molar-refractivity contribution in [3.05, 3.63) is 29.0 Å². The van der Waals surface area contributed by atoms with Gasteiger partial charge in [0.15, 0.2) is 5.82 Å². The number of rotatable bonds is 3. The standard InChI is InChI=1S/C13H16ClFN2O/c14-9-4-3-5-10(11(9)15)17-12(18)13(8-16)6-1-2-7-13/h3-5H,1-2,6-8,16H2,(H,17,18). The second-order valence-corrected chi connectivity index (χ2v) is 5.15. The molecule has 1 aliphatic carbocycles. The zero-order chi connectivity index (χ0) is 13.2. The number of hydrogen-bond acceptors (Lipinski definition) is 2. The third kappa shape index (κ3) is 2.35. The normalized spacial score (nSPS) is 17.7. The minimum Gasteiger partial charge on any atom is -0.329 e. The van der Waals surface area contributed by atoms with Gasteiger partial charge in [-0.15, -0.1) is 0 Å². The fraction of sp³-hybridized carbons (Fsp3) is 0.462. The Balaban J connectivity index is 2.18. The lowest BCUT2D eigenvalue weighted by Crippen LogP contribution is -2.40. The van der Waals surface area contributed by atoms with E-state index >= 15 is 0 Å². The first-order valence-electron chi connectivity index (χ1n) is 6.05. The van der Waals surface area contributed by atoms with Gasteiger partial charge in [0.2, 0.25) is 5.91 Å². The Morgan fingerprint density at radius 2 is 2.11 bits per heavy atom. The topological polar surface area (TPSA) is 55.1 Å². The van der Waals surface area contributed by atoms with Crippen molar-refractivity contribution in [3.8, 4) is 0 Å². The van der Waals surface area contributed by atoms with E-state index in [1.807, 2.05) is 0 Å². The molecule has 1 aromatic carbocycles. The molecule has 98 valence electrons. The molecule has 1 amide bonds. The molecule has 1 fully saturated rings. The second-order valence-electron chi connectivity index (χ2n) is 4.75. The molecule has 5 heteroatoms. The smallest absolute Gasteiger partial charge is 0.231 e. The average Bonchev–Trinajstić information content (AvgIpc) is 2.85. The summed E-state index contributed by atoms with van der Waals surface area (Å²) in [6.45, 7) is 0.293. The molecular formula is C13H16ClFN2O. The van der Waals surface area contributed by atoms with Crippen molar-refractivity contribution in [2.24, 2.45) is 11.1 Å². The Morgan fingerprint density at radius 1 is 1.44 bits per heavy atom. The number of benzene rings is 1. The van der Waals surface area contributed by atoms with Gasteiger partial charge in [-0.05, 0) is 25.0 Å². The highest BCUT2D eigenvalue weighted by Gasteiger charge is 2.40. The van der Waals surface area contributed by atoms with Crippen molar-refractivity contribution in [2.45, 2.75) is 25.7 Å². The Labute approximate surface area is 111 Å². The number of halogens is 2. The minimum absolute atomic E-state index is 0.000945. The fourth-order valence-electron chi connectivity index (χ4n) is 2.43. The number of hydrogen-bond donors (Lipinski definition) is 2. The minimum atomic E-state index is -0.599. The molecule has 0 aromatic heterocycles. The first kappa shape index (κ1) is 13.3. The quantitative estimate of drug-likeness (QED) is 0.887. The van der Waals surface area contributed by atoms with Gasteiger partial charge < -0.3 is 11.1 Å². The zero-order valence-electron chi connectivity index (χ0n) is 10.0. The summed E-state index contributed by atoms with van der Waals surface area (Å²) in [5.74, 6) is -0.804. The molecule has 0 radical (unpaired) electrons. The molecule has 1 aliphatic rings. The highest BCUT2D eigenvalue weighted by molar-refractivity contribution is 6.31. The van der Waals surface area contributed by atoms with Crippen LogP contribution in [0.25, 0.3) is 0 Å². The number of carbonyl (C=O) groups is 1. The molecule has 0 spiro atoms. The molecule has 0 saturated heterocycles.